The van der Waals surface area contributed by atoms with Gasteiger partial charge in [0.25, 0.3) is 7.82 Å². The third-order valence-corrected chi connectivity index (χ3v) is 5.44. The number of rotatable bonds is 21. The Hall–Kier alpha value is -0.560. The predicted octanol–water partition coefficient (Wildman–Crippen LogP) is 5.45. The van der Waals surface area contributed by atoms with Crippen molar-refractivity contribution in [1.82, 2.24) is 6.15 Å². The molecule has 0 spiro atoms. The number of phosphoric acid groups is 1. The molecule has 0 aliphatic carbocycles. The van der Waals surface area contributed by atoms with Crippen LogP contribution in [0.3, 0.4) is 0 Å². The minimum Gasteiger partial charge on any atom is -0.756 e. The van der Waals surface area contributed by atoms with Crippen LogP contribution in [0.2, 0.25) is 0 Å². The van der Waals surface area contributed by atoms with Crippen molar-refractivity contribution in [3.63, 3.8) is 0 Å². The average Bonchev–Trinajstić information content (AvgIpc) is 2.67. The Bertz CT molecular complexity index is 467. The minimum atomic E-state index is -4.81. The van der Waals surface area contributed by atoms with Gasteiger partial charge in [-0.25, -0.2) is 0 Å². The molecule has 6 N–H and O–H groups in total. The molecular weight excluding hydrogens is 405 g/mol. The lowest BCUT2D eigenvalue weighted by Gasteiger charge is -2.19. The number of carbonyl (C=O) groups excluding carboxylic acids is 1. The van der Waals surface area contributed by atoms with Crippen LogP contribution < -0.4 is 11.0 Å². The first-order valence-electron chi connectivity index (χ1n) is 11.3. The molecule has 0 aliphatic heterocycles. The fourth-order valence-corrected chi connectivity index (χ4v) is 3.59. The molecule has 0 heterocycles. The fourth-order valence-electron chi connectivity index (χ4n) is 3.19. The van der Waals surface area contributed by atoms with Crippen LogP contribution in [0.1, 0.15) is 103 Å². The van der Waals surface area contributed by atoms with Crippen molar-refractivity contribution in [1.29, 1.82) is 0 Å². The van der Waals surface area contributed by atoms with E-state index in [0.717, 1.165) is 32.1 Å². The second-order valence-electron chi connectivity index (χ2n) is 7.89. The van der Waals surface area contributed by atoms with Gasteiger partial charge < -0.3 is 25.6 Å². The van der Waals surface area contributed by atoms with Gasteiger partial charge in [0, 0.05) is 25.4 Å². The smallest absolute Gasteiger partial charge is 0.265 e. The summed E-state index contributed by atoms with van der Waals surface area (Å²) in [6.45, 7) is 1.52. The quantitative estimate of drug-likeness (QED) is 0.120. The molecule has 0 radical (unpaired) electrons. The zero-order valence-electron chi connectivity index (χ0n) is 19.2. The summed E-state index contributed by atoms with van der Waals surface area (Å²) in [5, 5.41) is 9.16. The maximum absolute atomic E-state index is 11.9. The SMILES string of the molecule is CCCCCCCC/C=C\CCCCCCCC(=O)C[C@@H](CO)COP(=O)([O-])O.[NH4+]. The van der Waals surface area contributed by atoms with Gasteiger partial charge in [-0.2, -0.15) is 0 Å². The summed E-state index contributed by atoms with van der Waals surface area (Å²) in [5.74, 6) is -0.607. The topological polar surface area (TPSA) is 143 Å². The van der Waals surface area contributed by atoms with Crippen molar-refractivity contribution in [2.24, 2.45) is 5.92 Å². The van der Waals surface area contributed by atoms with Gasteiger partial charge in [-0.05, 0) is 32.1 Å². The summed E-state index contributed by atoms with van der Waals surface area (Å²) < 4.78 is 14.8. The van der Waals surface area contributed by atoms with Crippen LogP contribution in [0, 0.1) is 5.92 Å². The number of ketones is 1. The molecule has 0 aromatic carbocycles. The second kappa shape index (κ2) is 21.7. The molecular formula is C22H46NO6P. The first-order chi connectivity index (χ1) is 13.9. The lowest BCUT2D eigenvalue weighted by atomic mass is 10.00. The summed E-state index contributed by atoms with van der Waals surface area (Å²) in [6, 6.07) is 0. The van der Waals surface area contributed by atoms with Crippen LogP contribution in [-0.2, 0) is 13.9 Å². The summed E-state index contributed by atoms with van der Waals surface area (Å²) in [6.07, 6.45) is 20.7. The van der Waals surface area contributed by atoms with Crippen molar-refractivity contribution in [3.05, 3.63) is 12.2 Å². The molecule has 0 aromatic rings. The highest BCUT2D eigenvalue weighted by atomic mass is 31.2. The third-order valence-electron chi connectivity index (χ3n) is 4.97. The van der Waals surface area contributed by atoms with Gasteiger partial charge in [-0.15, -0.1) is 0 Å². The summed E-state index contributed by atoms with van der Waals surface area (Å²) in [5.41, 5.74) is 0. The highest BCUT2D eigenvalue weighted by Gasteiger charge is 2.15. The number of aliphatic hydroxyl groups is 1. The molecule has 8 heteroatoms. The molecule has 0 rings (SSSR count). The summed E-state index contributed by atoms with van der Waals surface area (Å²) in [4.78, 5) is 31.0. The van der Waals surface area contributed by atoms with E-state index in [0.29, 0.717) is 6.42 Å². The van der Waals surface area contributed by atoms with Crippen molar-refractivity contribution < 1.29 is 28.8 Å². The predicted molar refractivity (Wildman–Crippen MR) is 121 cm³/mol. The number of phosphoric ester groups is 1. The second-order valence-corrected chi connectivity index (χ2v) is 9.09. The molecule has 1 unspecified atom stereocenters. The third kappa shape index (κ3) is 23.7. The first-order valence-corrected chi connectivity index (χ1v) is 12.8. The highest BCUT2D eigenvalue weighted by Crippen LogP contribution is 2.31. The molecule has 0 amide bonds. The molecule has 2 atom stereocenters. The van der Waals surface area contributed by atoms with Crippen LogP contribution in [0.4, 0.5) is 0 Å². The molecule has 0 saturated carbocycles. The Morgan fingerprint density at radius 3 is 1.97 bits per heavy atom. The lowest BCUT2D eigenvalue weighted by Crippen LogP contribution is -2.19. The number of quaternary nitrogens is 1. The van der Waals surface area contributed by atoms with E-state index in [-0.39, 0.29) is 31.6 Å². The van der Waals surface area contributed by atoms with Crippen LogP contribution in [-0.4, -0.2) is 29.0 Å². The number of aliphatic hydroxyl groups excluding tert-OH is 1. The van der Waals surface area contributed by atoms with Crippen molar-refractivity contribution in [2.45, 2.75) is 103 Å². The number of unbranched alkanes of at least 4 members (excludes halogenated alkanes) is 11. The Labute approximate surface area is 183 Å². The van der Waals surface area contributed by atoms with Crippen LogP contribution in [0.25, 0.3) is 0 Å². The largest absolute Gasteiger partial charge is 0.756 e. The number of hydrogen-bond donors (Lipinski definition) is 3. The lowest BCUT2D eigenvalue weighted by molar-refractivity contribution is -0.221. The Balaban J connectivity index is 0. The van der Waals surface area contributed by atoms with Gasteiger partial charge >= 0.3 is 0 Å². The number of Topliss-reactive ketones (excluding diaryl/α,β-unsaturated/α-hetero) is 1. The van der Waals surface area contributed by atoms with E-state index < -0.39 is 13.7 Å². The molecule has 0 saturated heterocycles. The fraction of sp³-hybridized carbons (Fsp3) is 0.864. The number of hydrogen-bond acceptors (Lipinski definition) is 5. The molecule has 0 aliphatic rings. The van der Waals surface area contributed by atoms with Crippen LogP contribution in [0.15, 0.2) is 12.2 Å². The molecule has 180 valence electrons. The number of allylic oxidation sites excluding steroid dienone is 2. The first kappa shape index (κ1) is 31.6. The zero-order valence-corrected chi connectivity index (χ0v) is 20.1. The van der Waals surface area contributed by atoms with E-state index in [9.17, 15) is 14.3 Å². The van der Waals surface area contributed by atoms with E-state index in [2.05, 4.69) is 23.6 Å². The summed E-state index contributed by atoms with van der Waals surface area (Å²) in [7, 11) is -4.81. The maximum Gasteiger partial charge on any atom is 0.265 e. The molecule has 30 heavy (non-hydrogen) atoms. The summed E-state index contributed by atoms with van der Waals surface area (Å²) >= 11 is 0. The molecule has 0 aromatic heterocycles. The Morgan fingerprint density at radius 1 is 0.967 bits per heavy atom. The molecule has 0 bridgehead atoms. The van der Waals surface area contributed by atoms with E-state index in [1.54, 1.807) is 0 Å². The molecule has 7 nitrogen and oxygen atoms in total. The average molecular weight is 452 g/mol. The maximum atomic E-state index is 11.9. The van der Waals surface area contributed by atoms with Crippen molar-refractivity contribution in [3.8, 4) is 0 Å². The van der Waals surface area contributed by atoms with E-state index in [1.165, 1.54) is 51.4 Å². The standard InChI is InChI=1S/C22H43O6P.H3N/c1-2-3-4-5-6-7-8-9-10-11-12-13-14-15-16-17-22(24)18-21(19-23)20-28-29(25,26)27;/h9-10,21,23H,2-8,11-20H2,1H3,(H2,25,26,27);1H3/b10-9-;/t21-;/m0./s1. The van der Waals surface area contributed by atoms with Gasteiger partial charge in [-0.3, -0.25) is 9.36 Å². The number of carbonyl (C=O) groups is 1. The van der Waals surface area contributed by atoms with E-state index >= 15 is 0 Å². The van der Waals surface area contributed by atoms with E-state index in [1.807, 2.05) is 0 Å². The normalized spacial score (nSPS) is 14.4. The van der Waals surface area contributed by atoms with Gasteiger partial charge in [0.15, 0.2) is 0 Å². The van der Waals surface area contributed by atoms with Crippen LogP contribution >= 0.6 is 7.82 Å². The van der Waals surface area contributed by atoms with Gasteiger partial charge in [0.05, 0.1) is 6.61 Å². The van der Waals surface area contributed by atoms with Crippen LogP contribution in [0.5, 0.6) is 0 Å². The van der Waals surface area contributed by atoms with Crippen molar-refractivity contribution >= 4 is 13.6 Å². The van der Waals surface area contributed by atoms with Crippen molar-refractivity contribution in [2.75, 3.05) is 13.2 Å². The minimum absolute atomic E-state index is 0. The van der Waals surface area contributed by atoms with Gasteiger partial charge in [0.2, 0.25) is 0 Å². The molecule has 0 fully saturated rings. The zero-order chi connectivity index (χ0) is 21.8. The monoisotopic (exact) mass is 451 g/mol. The Kier molecular flexibility index (Phi) is 22.8. The highest BCUT2D eigenvalue weighted by molar-refractivity contribution is 7.44. The van der Waals surface area contributed by atoms with E-state index in [4.69, 9.17) is 10.00 Å². The van der Waals surface area contributed by atoms with Gasteiger partial charge in [-0.1, -0.05) is 70.4 Å². The Morgan fingerprint density at radius 2 is 1.47 bits per heavy atom. The van der Waals surface area contributed by atoms with Gasteiger partial charge in [0.1, 0.15) is 5.78 Å².